The molecule has 0 bridgehead atoms. The Bertz CT molecular complexity index is 540. The van der Waals surface area contributed by atoms with Crippen LogP contribution in [0, 0.1) is 12.3 Å². The van der Waals surface area contributed by atoms with E-state index in [1.807, 2.05) is 19.1 Å². The largest absolute Gasteiger partial charge is 0.496 e. The molecule has 1 rings (SSSR count). The van der Waals surface area contributed by atoms with Gasteiger partial charge in [0.25, 0.3) is 0 Å². The third-order valence-corrected chi connectivity index (χ3v) is 3.15. The van der Waals surface area contributed by atoms with Crippen LogP contribution in [0.2, 0.25) is 0 Å². The Hall–Kier alpha value is -2.55. The van der Waals surface area contributed by atoms with Gasteiger partial charge in [0.1, 0.15) is 17.2 Å². The maximum Gasteiger partial charge on any atom is 0.192 e. The summed E-state index contributed by atoms with van der Waals surface area (Å²) in [7, 11) is 4.86. The van der Waals surface area contributed by atoms with E-state index >= 15 is 0 Å². The Kier molecular flexibility index (Phi) is 8.22. The van der Waals surface area contributed by atoms with E-state index in [-0.39, 0.29) is 0 Å². The monoisotopic (exact) mass is 319 g/mol. The number of aliphatic imine (C=N–C) groups is 1. The van der Waals surface area contributed by atoms with E-state index in [2.05, 4.69) is 21.5 Å². The molecule has 23 heavy (non-hydrogen) atoms. The van der Waals surface area contributed by atoms with Gasteiger partial charge in [0.2, 0.25) is 0 Å². The van der Waals surface area contributed by atoms with Crippen LogP contribution in [0.5, 0.6) is 17.2 Å². The van der Waals surface area contributed by atoms with Crippen LogP contribution in [0.15, 0.2) is 17.1 Å². The second kappa shape index (κ2) is 10.2. The molecule has 126 valence electrons. The number of guanidine groups is 1. The van der Waals surface area contributed by atoms with Gasteiger partial charge >= 0.3 is 0 Å². The average molecular weight is 319 g/mol. The van der Waals surface area contributed by atoms with Gasteiger partial charge in [0.15, 0.2) is 5.96 Å². The molecule has 0 saturated heterocycles. The van der Waals surface area contributed by atoms with E-state index in [1.165, 1.54) is 0 Å². The molecule has 0 aliphatic heterocycles. The van der Waals surface area contributed by atoms with E-state index in [9.17, 15) is 0 Å². The minimum Gasteiger partial charge on any atom is -0.496 e. The van der Waals surface area contributed by atoms with Gasteiger partial charge < -0.3 is 24.8 Å². The summed E-state index contributed by atoms with van der Waals surface area (Å²) in [5.74, 6) is 5.35. The Morgan fingerprint density at radius 3 is 2.26 bits per heavy atom. The van der Waals surface area contributed by atoms with Crippen molar-refractivity contribution in [2.24, 2.45) is 4.99 Å². The number of methoxy groups -OCH3 is 3. The van der Waals surface area contributed by atoms with Gasteiger partial charge in [-0.1, -0.05) is 5.92 Å². The molecule has 0 spiro atoms. The molecule has 2 N–H and O–H groups in total. The van der Waals surface area contributed by atoms with Crippen LogP contribution in [0.3, 0.4) is 0 Å². The van der Waals surface area contributed by atoms with Crippen molar-refractivity contribution in [2.45, 2.75) is 13.3 Å². The molecule has 0 fully saturated rings. The molecule has 6 heteroatoms. The summed E-state index contributed by atoms with van der Waals surface area (Å²) in [5.41, 5.74) is 0.951. The van der Waals surface area contributed by atoms with E-state index in [1.54, 1.807) is 21.3 Å². The topological polar surface area (TPSA) is 64.1 Å². The van der Waals surface area contributed by atoms with E-state index in [0.29, 0.717) is 31.2 Å². The highest BCUT2D eigenvalue weighted by Crippen LogP contribution is 2.34. The number of benzene rings is 1. The van der Waals surface area contributed by atoms with Crippen molar-refractivity contribution in [3.63, 3.8) is 0 Å². The van der Waals surface area contributed by atoms with Crippen molar-refractivity contribution in [2.75, 3.05) is 41.0 Å². The molecular formula is C17H25N3O3. The number of rotatable bonds is 8. The van der Waals surface area contributed by atoms with Crippen molar-refractivity contribution >= 4 is 5.96 Å². The lowest BCUT2D eigenvalue weighted by molar-refractivity contribution is 0.369. The molecule has 0 aromatic heterocycles. The van der Waals surface area contributed by atoms with Crippen LogP contribution in [-0.4, -0.2) is 46.9 Å². The second-order valence-corrected chi connectivity index (χ2v) is 4.58. The van der Waals surface area contributed by atoms with Gasteiger partial charge in [0, 0.05) is 30.8 Å². The van der Waals surface area contributed by atoms with Crippen molar-refractivity contribution in [3.8, 4) is 29.6 Å². The quantitative estimate of drug-likeness (QED) is 0.431. The SMILES string of the molecule is C#CCNC(=NCCc1c(OC)cc(OC)cc1OC)NCC. The summed E-state index contributed by atoms with van der Waals surface area (Å²) in [4.78, 5) is 4.50. The van der Waals surface area contributed by atoms with Crippen molar-refractivity contribution in [1.82, 2.24) is 10.6 Å². The highest BCUT2D eigenvalue weighted by atomic mass is 16.5. The van der Waals surface area contributed by atoms with Gasteiger partial charge in [-0.2, -0.15) is 0 Å². The molecule has 0 amide bonds. The molecule has 0 aliphatic carbocycles. The first-order chi connectivity index (χ1) is 11.2. The highest BCUT2D eigenvalue weighted by Gasteiger charge is 2.12. The first kappa shape index (κ1) is 18.5. The van der Waals surface area contributed by atoms with Crippen molar-refractivity contribution in [1.29, 1.82) is 0 Å². The zero-order valence-corrected chi connectivity index (χ0v) is 14.2. The fourth-order valence-corrected chi connectivity index (χ4v) is 2.08. The molecule has 0 atom stereocenters. The summed E-state index contributed by atoms with van der Waals surface area (Å²) in [5, 5.41) is 6.19. The Balaban J connectivity index is 2.88. The number of hydrogen-bond donors (Lipinski definition) is 2. The van der Waals surface area contributed by atoms with E-state index in [4.69, 9.17) is 20.6 Å². The van der Waals surface area contributed by atoms with Crippen LogP contribution in [0.4, 0.5) is 0 Å². The third kappa shape index (κ3) is 5.62. The summed E-state index contributed by atoms with van der Waals surface area (Å²) >= 11 is 0. The minimum absolute atomic E-state index is 0.432. The molecule has 6 nitrogen and oxygen atoms in total. The fourth-order valence-electron chi connectivity index (χ4n) is 2.08. The molecule has 1 aromatic carbocycles. The first-order valence-corrected chi connectivity index (χ1v) is 7.44. The van der Waals surface area contributed by atoms with E-state index < -0.39 is 0 Å². The summed E-state index contributed by atoms with van der Waals surface area (Å²) < 4.78 is 16.1. The van der Waals surface area contributed by atoms with Crippen molar-refractivity contribution in [3.05, 3.63) is 17.7 Å². The number of nitrogens with zero attached hydrogens (tertiary/aromatic N) is 1. The average Bonchev–Trinajstić information content (AvgIpc) is 2.59. The number of nitrogens with one attached hydrogen (secondary N) is 2. The molecule has 0 heterocycles. The smallest absolute Gasteiger partial charge is 0.192 e. The van der Waals surface area contributed by atoms with E-state index in [0.717, 1.165) is 23.6 Å². The van der Waals surface area contributed by atoms with Gasteiger partial charge in [0.05, 0.1) is 27.9 Å². The number of ether oxygens (including phenoxy) is 3. The highest BCUT2D eigenvalue weighted by molar-refractivity contribution is 5.80. The lowest BCUT2D eigenvalue weighted by Gasteiger charge is -2.15. The van der Waals surface area contributed by atoms with Gasteiger partial charge in [-0.05, 0) is 13.3 Å². The Morgan fingerprint density at radius 1 is 1.13 bits per heavy atom. The standard InChI is InChI=1S/C17H25N3O3/c1-6-9-19-17(18-7-2)20-10-8-14-15(22-4)11-13(21-3)12-16(14)23-5/h1,11-12H,7-10H2,2-5H3,(H2,18,19,20). The molecule has 0 unspecified atom stereocenters. The summed E-state index contributed by atoms with van der Waals surface area (Å²) in [6.07, 6.45) is 5.93. The van der Waals surface area contributed by atoms with Crippen LogP contribution in [-0.2, 0) is 6.42 Å². The van der Waals surface area contributed by atoms with Crippen molar-refractivity contribution < 1.29 is 14.2 Å². The first-order valence-electron chi connectivity index (χ1n) is 7.44. The van der Waals surface area contributed by atoms with Crippen LogP contribution >= 0.6 is 0 Å². The lowest BCUT2D eigenvalue weighted by atomic mass is 10.1. The summed E-state index contributed by atoms with van der Waals surface area (Å²) in [6, 6.07) is 3.67. The molecule has 0 radical (unpaired) electrons. The molecule has 0 aliphatic rings. The minimum atomic E-state index is 0.432. The second-order valence-electron chi connectivity index (χ2n) is 4.58. The number of terminal acetylenes is 1. The Morgan fingerprint density at radius 2 is 1.78 bits per heavy atom. The molecule has 0 saturated carbocycles. The predicted octanol–water partition coefficient (Wildman–Crippen LogP) is 1.44. The zero-order valence-electron chi connectivity index (χ0n) is 14.2. The van der Waals surface area contributed by atoms with Gasteiger partial charge in [-0.3, -0.25) is 4.99 Å². The zero-order chi connectivity index (χ0) is 17.1. The maximum atomic E-state index is 5.43. The number of hydrogen-bond acceptors (Lipinski definition) is 4. The van der Waals surface area contributed by atoms with Crippen LogP contribution in [0.25, 0.3) is 0 Å². The van der Waals surface area contributed by atoms with Crippen LogP contribution in [0.1, 0.15) is 12.5 Å². The molecule has 1 aromatic rings. The fraction of sp³-hybridized carbons (Fsp3) is 0.471. The maximum absolute atomic E-state index is 5.43. The lowest BCUT2D eigenvalue weighted by Crippen LogP contribution is -2.37. The van der Waals surface area contributed by atoms with Gasteiger partial charge in [-0.25, -0.2) is 0 Å². The Labute approximate surface area is 138 Å². The normalized spacial score (nSPS) is 10.7. The summed E-state index contributed by atoms with van der Waals surface area (Å²) in [6.45, 7) is 3.77. The third-order valence-electron chi connectivity index (χ3n) is 3.15. The van der Waals surface area contributed by atoms with Crippen LogP contribution < -0.4 is 24.8 Å². The predicted molar refractivity (Wildman–Crippen MR) is 92.6 cm³/mol. The molecular weight excluding hydrogens is 294 g/mol. The van der Waals surface area contributed by atoms with Gasteiger partial charge in [-0.15, -0.1) is 6.42 Å².